The zero-order chi connectivity index (χ0) is 18.3. The first-order valence-electron chi connectivity index (χ1n) is 10.3. The van der Waals surface area contributed by atoms with E-state index < -0.39 is 0 Å². The fourth-order valence-corrected chi connectivity index (χ4v) is 5.07. The van der Waals surface area contributed by atoms with Gasteiger partial charge in [0.15, 0.2) is 5.72 Å². The van der Waals surface area contributed by atoms with Gasteiger partial charge in [-0.25, -0.2) is 0 Å². The predicted molar refractivity (Wildman–Crippen MR) is 103 cm³/mol. The number of carbonyl (C=O) groups excluding carboxylic acids is 1. The Morgan fingerprint density at radius 2 is 1.96 bits per heavy atom. The van der Waals surface area contributed by atoms with Crippen LogP contribution in [0.2, 0.25) is 0 Å². The van der Waals surface area contributed by atoms with Crippen LogP contribution in [0.1, 0.15) is 57.6 Å². The number of nitrogens with zero attached hydrogens (tertiary/aromatic N) is 2. The highest BCUT2D eigenvalue weighted by molar-refractivity contribution is 5.82. The molecule has 3 atom stereocenters. The lowest BCUT2D eigenvalue weighted by Gasteiger charge is -2.34. The molecule has 1 amide bonds. The monoisotopic (exact) mass is 356 g/mol. The van der Waals surface area contributed by atoms with E-state index in [9.17, 15) is 4.79 Å². The summed E-state index contributed by atoms with van der Waals surface area (Å²) in [5.74, 6) is 0.729. The minimum absolute atomic E-state index is 0.207. The van der Waals surface area contributed by atoms with Crippen molar-refractivity contribution in [1.82, 2.24) is 9.80 Å². The molecule has 0 N–H and O–H groups in total. The van der Waals surface area contributed by atoms with E-state index in [2.05, 4.69) is 54.8 Å². The molecule has 0 radical (unpaired) electrons. The molecule has 0 saturated carbocycles. The van der Waals surface area contributed by atoms with Crippen LogP contribution in [0.5, 0.6) is 0 Å². The van der Waals surface area contributed by atoms with Crippen molar-refractivity contribution in [3.63, 3.8) is 0 Å². The number of ether oxygens (including phenoxy) is 1. The molecule has 1 aromatic rings. The van der Waals surface area contributed by atoms with E-state index >= 15 is 0 Å². The van der Waals surface area contributed by atoms with Gasteiger partial charge in [-0.3, -0.25) is 9.69 Å². The summed E-state index contributed by atoms with van der Waals surface area (Å²) in [4.78, 5) is 17.3. The highest BCUT2D eigenvalue weighted by Gasteiger charge is 2.64. The van der Waals surface area contributed by atoms with Crippen molar-refractivity contribution in [1.29, 1.82) is 0 Å². The van der Waals surface area contributed by atoms with Crippen LogP contribution >= 0.6 is 0 Å². The van der Waals surface area contributed by atoms with Crippen LogP contribution in [0.15, 0.2) is 24.3 Å². The van der Waals surface area contributed by atoms with Crippen molar-refractivity contribution in [2.45, 2.75) is 77.2 Å². The summed E-state index contributed by atoms with van der Waals surface area (Å²) >= 11 is 0. The fourth-order valence-electron chi connectivity index (χ4n) is 5.07. The van der Waals surface area contributed by atoms with Gasteiger partial charge in [-0.15, -0.1) is 0 Å². The third-order valence-corrected chi connectivity index (χ3v) is 6.60. The van der Waals surface area contributed by atoms with Crippen molar-refractivity contribution < 1.29 is 9.53 Å². The Kier molecular flexibility index (Phi) is 4.83. The molecule has 0 aromatic heterocycles. The lowest BCUT2D eigenvalue weighted by molar-refractivity contribution is -0.139. The maximum Gasteiger partial charge on any atom is 0.226 e. The summed E-state index contributed by atoms with van der Waals surface area (Å²) in [6.07, 6.45) is 5.21. The molecule has 0 aliphatic carbocycles. The lowest BCUT2D eigenvalue weighted by atomic mass is 10.0. The zero-order valence-corrected chi connectivity index (χ0v) is 16.4. The van der Waals surface area contributed by atoms with E-state index in [1.807, 2.05) is 0 Å². The maximum atomic E-state index is 12.7. The minimum atomic E-state index is -0.354. The van der Waals surface area contributed by atoms with Crippen molar-refractivity contribution >= 4 is 5.91 Å². The Morgan fingerprint density at radius 1 is 1.23 bits per heavy atom. The Morgan fingerprint density at radius 3 is 2.65 bits per heavy atom. The largest absolute Gasteiger partial charge is 0.352 e. The number of amides is 1. The summed E-state index contributed by atoms with van der Waals surface area (Å²) in [6.45, 7) is 9.24. The van der Waals surface area contributed by atoms with E-state index in [0.29, 0.717) is 18.9 Å². The average molecular weight is 357 g/mol. The number of aryl methyl sites for hydroxylation is 1. The highest BCUT2D eigenvalue weighted by Crippen LogP contribution is 2.49. The number of unbranched alkanes of at least 4 members (excludes halogenated alkanes) is 1. The first-order chi connectivity index (χ1) is 12.5. The van der Waals surface area contributed by atoms with E-state index in [1.54, 1.807) is 0 Å². The molecular formula is C22H32N2O2. The quantitative estimate of drug-likeness (QED) is 0.781. The Hall–Kier alpha value is -1.39. The van der Waals surface area contributed by atoms with Crippen molar-refractivity contribution in [3.05, 3.63) is 35.4 Å². The van der Waals surface area contributed by atoms with Gasteiger partial charge >= 0.3 is 0 Å². The second-order valence-corrected chi connectivity index (χ2v) is 8.59. The molecule has 3 heterocycles. The summed E-state index contributed by atoms with van der Waals surface area (Å²) in [5, 5.41) is 0. The summed E-state index contributed by atoms with van der Waals surface area (Å²) in [7, 11) is 0. The molecule has 3 saturated heterocycles. The molecule has 4 heteroatoms. The van der Waals surface area contributed by atoms with Gasteiger partial charge in [0.2, 0.25) is 5.91 Å². The van der Waals surface area contributed by atoms with Crippen molar-refractivity contribution in [2.75, 3.05) is 13.2 Å². The van der Waals surface area contributed by atoms with Crippen LogP contribution in [0.3, 0.4) is 0 Å². The molecule has 0 bridgehead atoms. The third kappa shape index (κ3) is 2.87. The van der Waals surface area contributed by atoms with Crippen LogP contribution in [-0.4, -0.2) is 46.7 Å². The highest BCUT2D eigenvalue weighted by atomic mass is 16.5. The fraction of sp³-hybridized carbons (Fsp3) is 0.682. The minimum Gasteiger partial charge on any atom is -0.352 e. The number of benzene rings is 1. The number of rotatable bonds is 6. The second kappa shape index (κ2) is 6.97. The van der Waals surface area contributed by atoms with Gasteiger partial charge in [0, 0.05) is 25.9 Å². The average Bonchev–Trinajstić information content (AvgIpc) is 3.25. The molecule has 4 nitrogen and oxygen atoms in total. The Balaban J connectivity index is 1.47. The van der Waals surface area contributed by atoms with Crippen LogP contribution < -0.4 is 0 Å². The molecule has 1 aromatic carbocycles. The van der Waals surface area contributed by atoms with Gasteiger partial charge < -0.3 is 9.64 Å². The molecule has 3 fully saturated rings. The molecule has 3 aliphatic heterocycles. The number of hydrogen-bond acceptors (Lipinski definition) is 3. The molecular weight excluding hydrogens is 324 g/mol. The first-order valence-corrected chi connectivity index (χ1v) is 10.3. The molecule has 26 heavy (non-hydrogen) atoms. The summed E-state index contributed by atoms with van der Waals surface area (Å²) in [6, 6.07) is 9.51. The van der Waals surface area contributed by atoms with E-state index in [4.69, 9.17) is 4.74 Å². The topological polar surface area (TPSA) is 32.8 Å². The lowest BCUT2D eigenvalue weighted by Crippen LogP contribution is -2.50. The van der Waals surface area contributed by atoms with Gasteiger partial charge in [-0.2, -0.15) is 0 Å². The number of carbonyl (C=O) groups is 1. The van der Waals surface area contributed by atoms with E-state index in [-0.39, 0.29) is 23.7 Å². The molecule has 1 spiro atoms. The standard InChI is InChI=1S/C22H32N2O2/c1-4-5-6-17-7-9-18(10-8-17)14-23-12-11-22-20(23)13-21(25)24(22)19(15-26-22)16(2)3/h7-10,16,19-20H,4-6,11-15H2,1-3H3/t19-,20+,22-/m0/s1. The van der Waals surface area contributed by atoms with Gasteiger partial charge in [0.1, 0.15) is 0 Å². The van der Waals surface area contributed by atoms with E-state index in [0.717, 1.165) is 19.5 Å². The molecule has 4 rings (SSSR count). The maximum absolute atomic E-state index is 12.7. The molecule has 142 valence electrons. The molecule has 0 unspecified atom stereocenters. The van der Waals surface area contributed by atoms with Gasteiger partial charge in [0.25, 0.3) is 0 Å². The Bertz CT molecular complexity index is 657. The van der Waals surface area contributed by atoms with Crippen molar-refractivity contribution in [2.24, 2.45) is 5.92 Å². The van der Waals surface area contributed by atoms with Crippen LogP contribution in [0, 0.1) is 5.92 Å². The number of likely N-dealkylation sites (tertiary alicyclic amines) is 1. The SMILES string of the molecule is CCCCc1ccc(CN2CC[C@@]34OC[C@@H](C(C)C)N3C(=O)C[C@@H]24)cc1. The smallest absolute Gasteiger partial charge is 0.226 e. The van der Waals surface area contributed by atoms with Crippen LogP contribution in [0.25, 0.3) is 0 Å². The Labute approximate surface area is 157 Å². The van der Waals surface area contributed by atoms with Gasteiger partial charge in [-0.1, -0.05) is 51.5 Å². The predicted octanol–water partition coefficient (Wildman–Crippen LogP) is 3.59. The number of hydrogen-bond donors (Lipinski definition) is 0. The first kappa shape index (κ1) is 18.0. The third-order valence-electron chi connectivity index (χ3n) is 6.60. The van der Waals surface area contributed by atoms with Crippen molar-refractivity contribution in [3.8, 4) is 0 Å². The molecule has 3 aliphatic rings. The summed E-state index contributed by atoms with van der Waals surface area (Å²) < 4.78 is 6.33. The normalized spacial score (nSPS) is 31.1. The van der Waals surface area contributed by atoms with Crippen LogP contribution in [0.4, 0.5) is 0 Å². The van der Waals surface area contributed by atoms with Gasteiger partial charge in [-0.05, 0) is 29.9 Å². The zero-order valence-electron chi connectivity index (χ0n) is 16.4. The summed E-state index contributed by atoms with van der Waals surface area (Å²) in [5.41, 5.74) is 2.41. The second-order valence-electron chi connectivity index (χ2n) is 8.59. The van der Waals surface area contributed by atoms with Gasteiger partial charge in [0.05, 0.1) is 18.7 Å². The van der Waals surface area contributed by atoms with Crippen LogP contribution in [-0.2, 0) is 22.5 Å². The van der Waals surface area contributed by atoms with E-state index in [1.165, 1.54) is 30.4 Å².